The Hall–Kier alpha value is -2.16. The van der Waals surface area contributed by atoms with Crippen LogP contribution in [0, 0.1) is 0 Å². The SMILES string of the molecule is CCCC[C@@H](Nc1nc(N)nc2cccnc12)[C@@H](O)C(F)(F)F. The lowest BCUT2D eigenvalue weighted by molar-refractivity contribution is -0.208. The van der Waals surface area contributed by atoms with Crippen LogP contribution in [-0.2, 0) is 0 Å². The Morgan fingerprint density at radius 3 is 2.74 bits per heavy atom. The van der Waals surface area contributed by atoms with E-state index < -0.39 is 18.3 Å². The molecule has 2 aromatic rings. The number of nitrogens with zero attached hydrogens (tertiary/aromatic N) is 3. The molecule has 0 radical (unpaired) electrons. The van der Waals surface area contributed by atoms with E-state index in [1.54, 1.807) is 12.1 Å². The molecule has 0 unspecified atom stereocenters. The number of rotatable bonds is 6. The number of hydrogen-bond acceptors (Lipinski definition) is 6. The smallest absolute Gasteiger partial charge is 0.382 e. The minimum atomic E-state index is -4.73. The first-order chi connectivity index (χ1) is 10.8. The second-order valence-corrected chi connectivity index (χ2v) is 5.18. The fraction of sp³-hybridized carbons (Fsp3) is 0.500. The number of unbranched alkanes of at least 4 members (excludes halogenated alkanes) is 1. The van der Waals surface area contributed by atoms with E-state index in [4.69, 9.17) is 5.73 Å². The lowest BCUT2D eigenvalue weighted by Gasteiger charge is -2.26. The van der Waals surface area contributed by atoms with Gasteiger partial charge in [0, 0.05) is 6.20 Å². The second-order valence-electron chi connectivity index (χ2n) is 5.18. The van der Waals surface area contributed by atoms with Gasteiger partial charge in [0.2, 0.25) is 5.95 Å². The highest BCUT2D eigenvalue weighted by Gasteiger charge is 2.43. The molecule has 0 aliphatic carbocycles. The molecule has 0 aliphatic rings. The summed E-state index contributed by atoms with van der Waals surface area (Å²) in [6, 6.07) is 2.03. The Kier molecular flexibility index (Phi) is 5.19. The number of aromatic nitrogens is 3. The van der Waals surface area contributed by atoms with E-state index in [9.17, 15) is 18.3 Å². The van der Waals surface area contributed by atoms with E-state index in [0.717, 1.165) is 0 Å². The van der Waals surface area contributed by atoms with Crippen molar-refractivity contribution >= 4 is 22.8 Å². The second kappa shape index (κ2) is 6.95. The molecule has 6 nitrogen and oxygen atoms in total. The molecule has 0 aromatic carbocycles. The lowest BCUT2D eigenvalue weighted by atomic mass is 10.0. The van der Waals surface area contributed by atoms with Crippen LogP contribution >= 0.6 is 0 Å². The molecule has 0 aliphatic heterocycles. The molecule has 4 N–H and O–H groups in total. The first kappa shape index (κ1) is 17.2. The molecule has 0 spiro atoms. The van der Waals surface area contributed by atoms with Gasteiger partial charge in [0.25, 0.3) is 0 Å². The van der Waals surface area contributed by atoms with Crippen molar-refractivity contribution in [1.29, 1.82) is 0 Å². The number of halogens is 3. The summed E-state index contributed by atoms with van der Waals surface area (Å²) < 4.78 is 38.6. The third-order valence-electron chi connectivity index (χ3n) is 3.38. The number of nitrogen functional groups attached to an aromatic ring is 1. The Morgan fingerprint density at radius 1 is 1.35 bits per heavy atom. The maximum absolute atomic E-state index is 12.9. The highest BCUT2D eigenvalue weighted by atomic mass is 19.4. The van der Waals surface area contributed by atoms with Crippen LogP contribution in [0.25, 0.3) is 11.0 Å². The van der Waals surface area contributed by atoms with E-state index in [2.05, 4.69) is 20.3 Å². The Balaban J connectivity index is 2.35. The normalized spacial score (nSPS) is 14.7. The third kappa shape index (κ3) is 4.19. The molecule has 0 bridgehead atoms. The fourth-order valence-electron chi connectivity index (χ4n) is 2.22. The van der Waals surface area contributed by atoms with Crippen molar-refractivity contribution in [2.75, 3.05) is 11.1 Å². The van der Waals surface area contributed by atoms with Crippen LogP contribution in [0.15, 0.2) is 18.3 Å². The molecule has 2 atom stereocenters. The zero-order valence-corrected chi connectivity index (χ0v) is 12.5. The number of fused-ring (bicyclic) bond motifs is 1. The van der Waals surface area contributed by atoms with Gasteiger partial charge >= 0.3 is 6.18 Å². The molecule has 2 aromatic heterocycles. The van der Waals surface area contributed by atoms with Crippen LogP contribution in [0.1, 0.15) is 26.2 Å². The summed E-state index contributed by atoms with van der Waals surface area (Å²) >= 11 is 0. The average molecular weight is 329 g/mol. The standard InChI is InChI=1S/C14H18F3N5O/c1-2-3-5-9(11(23)14(15,16)17)20-12-10-8(6-4-7-19-10)21-13(18)22-12/h4,6-7,9,11,23H,2-3,5H2,1H3,(H3,18,20,21,22)/t9-,11-/m1/s1. The van der Waals surface area contributed by atoms with Gasteiger partial charge in [-0.3, -0.25) is 4.98 Å². The van der Waals surface area contributed by atoms with Crippen molar-refractivity contribution in [1.82, 2.24) is 15.0 Å². The molecule has 2 rings (SSSR count). The third-order valence-corrected chi connectivity index (χ3v) is 3.38. The van der Waals surface area contributed by atoms with Crippen molar-refractivity contribution in [3.8, 4) is 0 Å². The predicted octanol–water partition coefficient (Wildman–Crippen LogP) is 2.50. The van der Waals surface area contributed by atoms with E-state index in [1.165, 1.54) is 6.20 Å². The number of hydrogen-bond donors (Lipinski definition) is 3. The van der Waals surface area contributed by atoms with Crippen LogP contribution in [0.4, 0.5) is 24.9 Å². The molecule has 23 heavy (non-hydrogen) atoms. The molecular weight excluding hydrogens is 311 g/mol. The summed E-state index contributed by atoms with van der Waals surface area (Å²) in [6.07, 6.45) is -4.40. The highest BCUT2D eigenvalue weighted by molar-refractivity contribution is 5.85. The largest absolute Gasteiger partial charge is 0.416 e. The Morgan fingerprint density at radius 2 is 2.09 bits per heavy atom. The summed E-state index contributed by atoms with van der Waals surface area (Å²) in [7, 11) is 0. The molecule has 126 valence electrons. The van der Waals surface area contributed by atoms with Crippen LogP contribution in [0.2, 0.25) is 0 Å². The van der Waals surface area contributed by atoms with Crippen molar-refractivity contribution in [2.24, 2.45) is 0 Å². The zero-order valence-electron chi connectivity index (χ0n) is 12.5. The van der Waals surface area contributed by atoms with Crippen molar-refractivity contribution < 1.29 is 18.3 Å². The van der Waals surface area contributed by atoms with E-state index in [-0.39, 0.29) is 18.2 Å². The molecule has 9 heteroatoms. The first-order valence-electron chi connectivity index (χ1n) is 7.22. The number of aliphatic hydroxyl groups excluding tert-OH is 1. The highest BCUT2D eigenvalue weighted by Crippen LogP contribution is 2.28. The summed E-state index contributed by atoms with van der Waals surface area (Å²) in [4.78, 5) is 12.0. The molecule has 0 fully saturated rings. The minimum absolute atomic E-state index is 0.0799. The van der Waals surface area contributed by atoms with Crippen LogP contribution in [0.5, 0.6) is 0 Å². The lowest BCUT2D eigenvalue weighted by Crippen LogP contribution is -2.44. The Bertz CT molecular complexity index is 664. The summed E-state index contributed by atoms with van der Waals surface area (Å²) in [5.41, 5.74) is 6.31. The quantitative estimate of drug-likeness (QED) is 0.753. The number of aliphatic hydroxyl groups is 1. The molecule has 0 saturated heterocycles. The summed E-state index contributed by atoms with van der Waals surface area (Å²) in [5.74, 6) is 0.00115. The van der Waals surface area contributed by atoms with Crippen LogP contribution in [0.3, 0.4) is 0 Å². The van der Waals surface area contributed by atoms with Gasteiger partial charge in [-0.1, -0.05) is 19.8 Å². The average Bonchev–Trinajstić information content (AvgIpc) is 2.49. The number of nitrogens with two attached hydrogens (primary N) is 1. The summed E-state index contributed by atoms with van der Waals surface area (Å²) in [5, 5.41) is 12.2. The number of pyridine rings is 1. The van der Waals surface area contributed by atoms with Crippen LogP contribution < -0.4 is 11.1 Å². The predicted molar refractivity (Wildman–Crippen MR) is 80.7 cm³/mol. The van der Waals surface area contributed by atoms with Gasteiger partial charge in [0.05, 0.1) is 11.6 Å². The maximum atomic E-state index is 12.9. The van der Waals surface area contributed by atoms with Gasteiger partial charge in [0.15, 0.2) is 11.9 Å². The van der Waals surface area contributed by atoms with Crippen molar-refractivity contribution in [3.05, 3.63) is 18.3 Å². The molecule has 0 saturated carbocycles. The van der Waals surface area contributed by atoms with E-state index in [0.29, 0.717) is 23.9 Å². The number of nitrogens with one attached hydrogen (secondary N) is 1. The number of anilines is 2. The molecule has 2 heterocycles. The monoisotopic (exact) mass is 329 g/mol. The van der Waals surface area contributed by atoms with Gasteiger partial charge in [0.1, 0.15) is 5.52 Å². The summed E-state index contributed by atoms with van der Waals surface area (Å²) in [6.45, 7) is 1.86. The van der Waals surface area contributed by atoms with Gasteiger partial charge in [-0.15, -0.1) is 0 Å². The van der Waals surface area contributed by atoms with Crippen LogP contribution in [-0.4, -0.2) is 38.4 Å². The minimum Gasteiger partial charge on any atom is -0.382 e. The molecule has 0 amide bonds. The topological polar surface area (TPSA) is 97.0 Å². The van der Waals surface area contributed by atoms with Gasteiger partial charge in [-0.2, -0.15) is 18.2 Å². The van der Waals surface area contributed by atoms with Crippen molar-refractivity contribution in [3.63, 3.8) is 0 Å². The Labute approximate surface area is 131 Å². The molecular formula is C14H18F3N5O. The maximum Gasteiger partial charge on any atom is 0.416 e. The number of alkyl halides is 3. The van der Waals surface area contributed by atoms with E-state index in [1.807, 2.05) is 6.92 Å². The van der Waals surface area contributed by atoms with Gasteiger partial charge in [-0.25, -0.2) is 4.98 Å². The zero-order chi connectivity index (χ0) is 17.0. The fourth-order valence-corrected chi connectivity index (χ4v) is 2.22. The van der Waals surface area contributed by atoms with Gasteiger partial charge < -0.3 is 16.2 Å². The van der Waals surface area contributed by atoms with Gasteiger partial charge in [-0.05, 0) is 18.6 Å². The van der Waals surface area contributed by atoms with E-state index >= 15 is 0 Å². The van der Waals surface area contributed by atoms with Crippen molar-refractivity contribution in [2.45, 2.75) is 44.5 Å². The first-order valence-corrected chi connectivity index (χ1v) is 7.22.